The Hall–Kier alpha value is -3.88. The molecule has 0 atom stereocenters. The molecule has 1 amide bonds. The summed E-state index contributed by atoms with van der Waals surface area (Å²) in [6.07, 6.45) is 0.218. The van der Waals surface area contributed by atoms with Gasteiger partial charge in [0.15, 0.2) is 0 Å². The summed E-state index contributed by atoms with van der Waals surface area (Å²) in [6, 6.07) is 9.98. The van der Waals surface area contributed by atoms with Gasteiger partial charge in [0.2, 0.25) is 0 Å². The van der Waals surface area contributed by atoms with E-state index in [9.17, 15) is 23.2 Å². The Bertz CT molecular complexity index is 1230. The topological polar surface area (TPSA) is 94.6 Å². The second kappa shape index (κ2) is 11.3. The van der Waals surface area contributed by atoms with Gasteiger partial charge in [0.1, 0.15) is 18.2 Å². The lowest BCUT2D eigenvalue weighted by molar-refractivity contribution is -0.145. The minimum Gasteiger partial charge on any atom is -0.462 e. The number of esters is 2. The molecule has 1 N–H and O–H groups in total. The Balaban J connectivity index is 1.58. The number of carbonyl (C=O) groups is 3. The van der Waals surface area contributed by atoms with E-state index in [-0.39, 0.29) is 43.7 Å². The third kappa shape index (κ3) is 5.92. The van der Waals surface area contributed by atoms with Gasteiger partial charge in [0.25, 0.3) is 5.91 Å². The van der Waals surface area contributed by atoms with Crippen LogP contribution in [0.4, 0.5) is 8.78 Å². The Kier molecular flexibility index (Phi) is 8.24. The van der Waals surface area contributed by atoms with Crippen molar-refractivity contribution in [2.24, 2.45) is 0 Å². The van der Waals surface area contributed by atoms with Crippen LogP contribution >= 0.6 is 0 Å². The molecule has 0 unspecified atom stereocenters. The van der Waals surface area contributed by atoms with Gasteiger partial charge in [-0.1, -0.05) is 18.2 Å². The number of hydrogen-bond acceptors (Lipinski definition) is 6. The second-order valence-corrected chi connectivity index (χ2v) is 7.44. The number of pyridine rings is 1. The molecule has 0 aliphatic heterocycles. The van der Waals surface area contributed by atoms with E-state index < -0.39 is 29.5 Å². The van der Waals surface area contributed by atoms with Gasteiger partial charge in [-0.2, -0.15) is 0 Å². The van der Waals surface area contributed by atoms with Crippen LogP contribution in [0.25, 0.3) is 10.9 Å². The number of nitrogens with zero attached hydrogens (tertiary/aromatic N) is 1. The molecule has 0 bridgehead atoms. The van der Waals surface area contributed by atoms with Crippen LogP contribution in [0.15, 0.2) is 42.5 Å². The van der Waals surface area contributed by atoms with Crippen LogP contribution in [-0.4, -0.2) is 36.0 Å². The molecule has 2 aromatic carbocycles. The van der Waals surface area contributed by atoms with Gasteiger partial charge in [-0.05, 0) is 44.0 Å². The highest BCUT2D eigenvalue weighted by atomic mass is 19.1. The fourth-order valence-corrected chi connectivity index (χ4v) is 3.44. The van der Waals surface area contributed by atoms with Crippen molar-refractivity contribution in [3.8, 4) is 0 Å². The number of carbonyl (C=O) groups excluding carboxylic acids is 3. The molecule has 7 nitrogen and oxygen atoms in total. The molecule has 0 fully saturated rings. The monoisotopic (exact) mass is 470 g/mol. The Morgan fingerprint density at radius 2 is 1.82 bits per heavy atom. The zero-order chi connectivity index (χ0) is 24.7. The molecule has 3 aromatic rings. The van der Waals surface area contributed by atoms with Crippen molar-refractivity contribution < 1.29 is 32.6 Å². The van der Waals surface area contributed by atoms with E-state index in [2.05, 4.69) is 10.3 Å². The van der Waals surface area contributed by atoms with Crippen molar-refractivity contribution in [2.45, 2.75) is 33.3 Å². The Labute approximate surface area is 195 Å². The van der Waals surface area contributed by atoms with E-state index in [4.69, 9.17) is 9.47 Å². The summed E-state index contributed by atoms with van der Waals surface area (Å²) >= 11 is 0. The standard InChI is InChI=1S/C25H24F2N2O5/c1-3-33-25(32)23-15(2)17-7-4-5-8-20(17)29-21(23)14-34-22(30)9-6-12-28-24(31)18-11-10-16(26)13-19(18)27/h4-5,7-8,10-11,13H,3,6,9,12,14H2,1-2H3,(H,28,31). The number of rotatable bonds is 9. The predicted octanol–water partition coefficient (Wildman–Crippen LogP) is 4.25. The largest absolute Gasteiger partial charge is 0.462 e. The number of nitrogens with one attached hydrogen (secondary N) is 1. The maximum atomic E-state index is 13.6. The zero-order valence-electron chi connectivity index (χ0n) is 18.8. The van der Waals surface area contributed by atoms with E-state index in [1.54, 1.807) is 19.9 Å². The molecule has 0 aliphatic rings. The van der Waals surface area contributed by atoms with Crippen molar-refractivity contribution in [1.82, 2.24) is 10.3 Å². The number of aromatic nitrogens is 1. The SMILES string of the molecule is CCOC(=O)c1c(COC(=O)CCCNC(=O)c2ccc(F)cc2F)nc2ccccc2c1C. The van der Waals surface area contributed by atoms with Crippen molar-refractivity contribution in [3.05, 3.63) is 76.5 Å². The molecule has 0 radical (unpaired) electrons. The lowest BCUT2D eigenvalue weighted by Crippen LogP contribution is -2.26. The highest BCUT2D eigenvalue weighted by molar-refractivity contribution is 5.98. The fourth-order valence-electron chi connectivity index (χ4n) is 3.44. The van der Waals surface area contributed by atoms with Crippen LogP contribution in [0.1, 0.15) is 51.7 Å². The molecule has 1 heterocycles. The summed E-state index contributed by atoms with van der Waals surface area (Å²) in [6.45, 7) is 3.55. The highest BCUT2D eigenvalue weighted by Crippen LogP contribution is 2.24. The first-order chi connectivity index (χ1) is 16.3. The molecule has 1 aromatic heterocycles. The third-order valence-electron chi connectivity index (χ3n) is 5.10. The van der Waals surface area contributed by atoms with Crippen LogP contribution in [-0.2, 0) is 20.9 Å². The van der Waals surface area contributed by atoms with Crippen molar-refractivity contribution in [3.63, 3.8) is 0 Å². The maximum Gasteiger partial charge on any atom is 0.340 e. The van der Waals surface area contributed by atoms with E-state index >= 15 is 0 Å². The number of para-hydroxylation sites is 1. The molecule has 3 rings (SSSR count). The Morgan fingerprint density at radius 1 is 1.06 bits per heavy atom. The number of fused-ring (bicyclic) bond motifs is 1. The summed E-state index contributed by atoms with van der Waals surface area (Å²) < 4.78 is 37.1. The van der Waals surface area contributed by atoms with Gasteiger partial charge in [-0.15, -0.1) is 0 Å². The number of benzene rings is 2. The molecule has 0 aliphatic carbocycles. The van der Waals surface area contributed by atoms with Crippen molar-refractivity contribution >= 4 is 28.7 Å². The van der Waals surface area contributed by atoms with Gasteiger partial charge in [0.05, 0.1) is 28.9 Å². The van der Waals surface area contributed by atoms with Crippen LogP contribution in [0.3, 0.4) is 0 Å². The van der Waals surface area contributed by atoms with Gasteiger partial charge in [0, 0.05) is 24.4 Å². The van der Waals surface area contributed by atoms with Crippen LogP contribution in [0.2, 0.25) is 0 Å². The lowest BCUT2D eigenvalue weighted by Gasteiger charge is -2.14. The fraction of sp³-hybridized carbons (Fsp3) is 0.280. The van der Waals surface area contributed by atoms with Gasteiger partial charge in [-0.3, -0.25) is 9.59 Å². The lowest BCUT2D eigenvalue weighted by atomic mass is 10.0. The molecule has 9 heteroatoms. The summed E-state index contributed by atoms with van der Waals surface area (Å²) in [7, 11) is 0. The predicted molar refractivity (Wildman–Crippen MR) is 120 cm³/mol. The quantitative estimate of drug-likeness (QED) is 0.371. The number of aryl methyl sites for hydroxylation is 1. The first kappa shape index (κ1) is 24.8. The average Bonchev–Trinajstić information content (AvgIpc) is 2.80. The minimum absolute atomic E-state index is 0.0204. The van der Waals surface area contributed by atoms with Crippen LogP contribution in [0.5, 0.6) is 0 Å². The number of halogens is 2. The van der Waals surface area contributed by atoms with E-state index in [1.807, 2.05) is 18.2 Å². The summed E-state index contributed by atoms with van der Waals surface area (Å²) in [5.41, 5.74) is 1.62. The first-order valence-corrected chi connectivity index (χ1v) is 10.8. The van der Waals surface area contributed by atoms with Gasteiger partial charge in [-0.25, -0.2) is 18.6 Å². The Morgan fingerprint density at radius 3 is 2.56 bits per heavy atom. The van der Waals surface area contributed by atoms with Crippen LogP contribution < -0.4 is 5.32 Å². The van der Waals surface area contributed by atoms with E-state index in [0.717, 1.165) is 17.5 Å². The number of amides is 1. The molecular formula is C25H24F2N2O5. The minimum atomic E-state index is -0.965. The molecule has 178 valence electrons. The van der Waals surface area contributed by atoms with Gasteiger partial charge >= 0.3 is 11.9 Å². The summed E-state index contributed by atoms with van der Waals surface area (Å²) in [5.74, 6) is -3.54. The molecule has 34 heavy (non-hydrogen) atoms. The van der Waals surface area contributed by atoms with Gasteiger partial charge < -0.3 is 14.8 Å². The molecule has 0 saturated carbocycles. The number of ether oxygens (including phenoxy) is 2. The van der Waals surface area contributed by atoms with Crippen LogP contribution in [0, 0.1) is 18.6 Å². The second-order valence-electron chi connectivity index (χ2n) is 7.44. The van der Waals surface area contributed by atoms with E-state index in [0.29, 0.717) is 22.8 Å². The molecule has 0 saturated heterocycles. The average molecular weight is 470 g/mol. The number of hydrogen-bond donors (Lipinski definition) is 1. The highest BCUT2D eigenvalue weighted by Gasteiger charge is 2.21. The van der Waals surface area contributed by atoms with Crippen molar-refractivity contribution in [2.75, 3.05) is 13.2 Å². The van der Waals surface area contributed by atoms with E-state index in [1.165, 1.54) is 0 Å². The normalized spacial score (nSPS) is 10.7. The maximum absolute atomic E-state index is 13.6. The molecule has 0 spiro atoms. The third-order valence-corrected chi connectivity index (χ3v) is 5.10. The summed E-state index contributed by atoms with van der Waals surface area (Å²) in [5, 5.41) is 3.27. The molecular weight excluding hydrogens is 446 g/mol. The summed E-state index contributed by atoms with van der Waals surface area (Å²) in [4.78, 5) is 41.2. The van der Waals surface area contributed by atoms with Crippen molar-refractivity contribution in [1.29, 1.82) is 0 Å². The zero-order valence-corrected chi connectivity index (χ0v) is 18.8. The smallest absolute Gasteiger partial charge is 0.340 e. The first-order valence-electron chi connectivity index (χ1n) is 10.8.